The van der Waals surface area contributed by atoms with Crippen molar-refractivity contribution in [2.24, 2.45) is 0 Å². The molecule has 3 fully saturated rings. The number of nitrogens with zero attached hydrogens (tertiary/aromatic N) is 5. The Morgan fingerprint density at radius 3 is 2.36 bits per heavy atom. The number of hydrogen-bond donors (Lipinski definition) is 1. The van der Waals surface area contributed by atoms with Gasteiger partial charge in [0.1, 0.15) is 11.6 Å². The molecule has 4 aromatic rings. The highest BCUT2D eigenvalue weighted by atomic mass is 19.4. The minimum Gasteiger partial charge on any atom is -0.490 e. The summed E-state index contributed by atoms with van der Waals surface area (Å²) in [6, 6.07) is 9.23. The fourth-order valence-electron chi connectivity index (χ4n) is 6.29. The lowest BCUT2D eigenvalue weighted by Gasteiger charge is -2.41. The molecule has 2 aromatic heterocycles. The Bertz CT molecular complexity index is 1780. The number of carbonyl (C=O) groups excluding carboxylic acids is 1. The molecule has 2 saturated heterocycles. The lowest BCUT2D eigenvalue weighted by atomic mass is 9.96. The van der Waals surface area contributed by atoms with E-state index in [-0.39, 0.29) is 54.8 Å². The molecule has 9 nitrogen and oxygen atoms in total. The van der Waals surface area contributed by atoms with Gasteiger partial charge in [-0.2, -0.15) is 18.3 Å². The normalized spacial score (nSPS) is 20.2. The van der Waals surface area contributed by atoms with E-state index >= 15 is 4.39 Å². The molecule has 44 heavy (non-hydrogen) atoms. The summed E-state index contributed by atoms with van der Waals surface area (Å²) >= 11 is 0. The molecule has 0 spiro atoms. The molecule has 1 amide bonds. The van der Waals surface area contributed by atoms with Crippen molar-refractivity contribution < 1.29 is 27.1 Å². The predicted octanol–water partition coefficient (Wildman–Crippen LogP) is 4.89. The summed E-state index contributed by atoms with van der Waals surface area (Å²) in [7, 11) is 0. The predicted molar refractivity (Wildman–Crippen MR) is 152 cm³/mol. The van der Waals surface area contributed by atoms with Crippen LogP contribution < -0.4 is 15.2 Å². The van der Waals surface area contributed by atoms with Crippen molar-refractivity contribution in [2.75, 3.05) is 18.0 Å². The van der Waals surface area contributed by atoms with Crippen LogP contribution in [0.4, 0.5) is 23.5 Å². The number of benzene rings is 2. The summed E-state index contributed by atoms with van der Waals surface area (Å²) in [6.45, 7) is 0.526. The van der Waals surface area contributed by atoms with E-state index in [1.54, 1.807) is 29.2 Å². The number of piperazine rings is 1. The fourth-order valence-corrected chi connectivity index (χ4v) is 6.29. The van der Waals surface area contributed by atoms with Crippen LogP contribution in [0, 0.1) is 5.82 Å². The van der Waals surface area contributed by atoms with Crippen LogP contribution in [-0.2, 0) is 12.6 Å². The molecule has 2 aromatic carbocycles. The number of amides is 1. The number of aromatic amines is 1. The average molecular weight is 609 g/mol. The number of ether oxygens (including phenoxy) is 1. The van der Waals surface area contributed by atoms with Gasteiger partial charge >= 0.3 is 6.18 Å². The zero-order chi connectivity index (χ0) is 30.6. The quantitative estimate of drug-likeness (QED) is 0.311. The summed E-state index contributed by atoms with van der Waals surface area (Å²) in [5.74, 6) is -0.284. The molecule has 4 heterocycles. The topological polar surface area (TPSA) is 104 Å². The molecule has 7 rings (SSSR count). The van der Waals surface area contributed by atoms with Gasteiger partial charge in [-0.05, 0) is 68.0 Å². The number of aromatic nitrogens is 4. The number of H-pyrrole nitrogens is 1. The molecule has 2 aliphatic heterocycles. The maximum absolute atomic E-state index is 15.1. The lowest BCUT2D eigenvalue weighted by Crippen LogP contribution is -2.56. The Labute approximate surface area is 248 Å². The van der Waals surface area contributed by atoms with Gasteiger partial charge in [-0.3, -0.25) is 9.59 Å². The monoisotopic (exact) mass is 608 g/mol. The molecular weight excluding hydrogens is 580 g/mol. The van der Waals surface area contributed by atoms with E-state index < -0.39 is 23.5 Å². The van der Waals surface area contributed by atoms with Gasteiger partial charge in [0.05, 0.1) is 28.3 Å². The Kier molecular flexibility index (Phi) is 6.97. The smallest absolute Gasteiger partial charge is 0.419 e. The maximum atomic E-state index is 15.1. The molecule has 2 bridgehead atoms. The zero-order valence-electron chi connectivity index (χ0n) is 23.5. The average Bonchev–Trinajstić information content (AvgIpc) is 3.25. The van der Waals surface area contributed by atoms with Gasteiger partial charge in [-0.15, -0.1) is 0 Å². The van der Waals surface area contributed by atoms with Crippen LogP contribution in [0.15, 0.2) is 53.6 Å². The highest BCUT2D eigenvalue weighted by molar-refractivity contribution is 5.95. The standard InChI is InChI=1S/C31H28F4N6O3/c32-26-9-4-17(11-27-24-12-22(44-21-2-1-3-21)7-8-23(24)28(42)39-38-27)10-25(26)29(43)40-15-19-5-6-20(16-40)41(19)30-36-13-18(14-37-30)31(33,34)35/h4,7-10,12-14,19-21H,1-3,5-6,11,15-16H2,(H,39,42). The van der Waals surface area contributed by atoms with E-state index in [1.165, 1.54) is 12.1 Å². The first-order valence-electron chi connectivity index (χ1n) is 14.6. The summed E-state index contributed by atoms with van der Waals surface area (Å²) < 4.78 is 60.0. The van der Waals surface area contributed by atoms with Crippen molar-refractivity contribution in [1.29, 1.82) is 0 Å². The Hall–Kier alpha value is -4.55. The third-order valence-electron chi connectivity index (χ3n) is 8.79. The van der Waals surface area contributed by atoms with Crippen molar-refractivity contribution in [3.05, 3.63) is 87.3 Å². The molecular formula is C31H28F4N6O3. The Morgan fingerprint density at radius 1 is 0.977 bits per heavy atom. The van der Waals surface area contributed by atoms with E-state index in [2.05, 4.69) is 20.2 Å². The van der Waals surface area contributed by atoms with Gasteiger partial charge < -0.3 is 14.5 Å². The lowest BCUT2D eigenvalue weighted by molar-refractivity contribution is -0.138. The van der Waals surface area contributed by atoms with Gasteiger partial charge in [-0.25, -0.2) is 19.5 Å². The number of alkyl halides is 3. The van der Waals surface area contributed by atoms with Crippen LogP contribution in [0.25, 0.3) is 10.8 Å². The molecule has 1 aliphatic carbocycles. The number of carbonyl (C=O) groups is 1. The second-order valence-corrected chi connectivity index (χ2v) is 11.6. The molecule has 2 unspecified atom stereocenters. The van der Waals surface area contributed by atoms with Crippen molar-refractivity contribution in [3.8, 4) is 5.75 Å². The van der Waals surface area contributed by atoms with Crippen LogP contribution in [0.1, 0.15) is 59.3 Å². The van der Waals surface area contributed by atoms with E-state index in [0.717, 1.165) is 31.7 Å². The maximum Gasteiger partial charge on any atom is 0.419 e. The highest BCUT2D eigenvalue weighted by Gasteiger charge is 2.43. The summed E-state index contributed by atoms with van der Waals surface area (Å²) in [4.78, 5) is 37.4. The molecule has 0 radical (unpaired) electrons. The largest absolute Gasteiger partial charge is 0.490 e. The molecule has 228 valence electrons. The van der Waals surface area contributed by atoms with Crippen LogP contribution >= 0.6 is 0 Å². The van der Waals surface area contributed by atoms with Crippen LogP contribution in [0.5, 0.6) is 5.75 Å². The second kappa shape index (κ2) is 10.9. The van der Waals surface area contributed by atoms with Crippen molar-refractivity contribution >= 4 is 22.6 Å². The van der Waals surface area contributed by atoms with Crippen LogP contribution in [0.3, 0.4) is 0 Å². The first-order chi connectivity index (χ1) is 21.1. The summed E-state index contributed by atoms with van der Waals surface area (Å²) in [5, 5.41) is 7.87. The molecule has 2 atom stereocenters. The number of nitrogens with one attached hydrogen (secondary N) is 1. The first-order valence-corrected chi connectivity index (χ1v) is 14.6. The van der Waals surface area contributed by atoms with Crippen LogP contribution in [0.2, 0.25) is 0 Å². The molecule has 1 N–H and O–H groups in total. The minimum absolute atomic E-state index is 0.0798. The van der Waals surface area contributed by atoms with E-state index in [1.807, 2.05) is 4.90 Å². The Morgan fingerprint density at radius 2 is 1.70 bits per heavy atom. The van der Waals surface area contributed by atoms with Gasteiger partial charge in [-0.1, -0.05) is 6.07 Å². The van der Waals surface area contributed by atoms with Gasteiger partial charge in [0.2, 0.25) is 5.95 Å². The molecule has 3 aliphatic rings. The number of anilines is 1. The fraction of sp³-hybridized carbons (Fsp3) is 0.387. The van der Waals surface area contributed by atoms with E-state index in [9.17, 15) is 22.8 Å². The number of fused-ring (bicyclic) bond motifs is 3. The first kappa shape index (κ1) is 28.2. The molecule has 13 heteroatoms. The number of hydrogen-bond acceptors (Lipinski definition) is 7. The number of likely N-dealkylation sites (tertiary alicyclic amines) is 1. The number of rotatable bonds is 6. The van der Waals surface area contributed by atoms with E-state index in [0.29, 0.717) is 40.6 Å². The SMILES string of the molecule is O=C(c1cc(Cc2n[nH]c(=O)c3ccc(OC4CCC4)cc23)ccc1F)N1CC2CCC(C1)N2c1ncc(C(F)(F)F)cn1. The minimum atomic E-state index is -4.53. The number of halogens is 4. The van der Waals surface area contributed by atoms with Gasteiger partial charge in [0.15, 0.2) is 0 Å². The third kappa shape index (κ3) is 5.24. The molecule has 1 saturated carbocycles. The highest BCUT2D eigenvalue weighted by Crippen LogP contribution is 2.35. The Balaban J connectivity index is 1.10. The summed E-state index contributed by atoms with van der Waals surface area (Å²) in [6.07, 6.45) is 1.93. The third-order valence-corrected chi connectivity index (χ3v) is 8.79. The summed E-state index contributed by atoms with van der Waals surface area (Å²) in [5.41, 5.74) is -0.133. The van der Waals surface area contributed by atoms with Crippen molar-refractivity contribution in [1.82, 2.24) is 25.1 Å². The van der Waals surface area contributed by atoms with E-state index in [4.69, 9.17) is 4.74 Å². The zero-order valence-corrected chi connectivity index (χ0v) is 23.5. The van der Waals surface area contributed by atoms with Crippen molar-refractivity contribution in [3.63, 3.8) is 0 Å². The second-order valence-electron chi connectivity index (χ2n) is 11.6. The van der Waals surface area contributed by atoms with Gasteiger partial charge in [0.25, 0.3) is 11.5 Å². The van der Waals surface area contributed by atoms with Crippen molar-refractivity contribution in [2.45, 2.75) is 62.9 Å². The van der Waals surface area contributed by atoms with Crippen LogP contribution in [-0.4, -0.2) is 62.2 Å². The van der Waals surface area contributed by atoms with Gasteiger partial charge in [0, 0.05) is 49.4 Å².